The first-order chi connectivity index (χ1) is 14.6. The van der Waals surface area contributed by atoms with E-state index >= 15 is 0 Å². The van der Waals surface area contributed by atoms with Gasteiger partial charge in [0.25, 0.3) is 11.6 Å². The quantitative estimate of drug-likeness (QED) is 0.478. The largest absolute Gasteiger partial charge is 0.348 e. The Morgan fingerprint density at radius 1 is 1.10 bits per heavy atom. The predicted molar refractivity (Wildman–Crippen MR) is 110 cm³/mol. The van der Waals surface area contributed by atoms with E-state index in [-0.39, 0.29) is 22.8 Å². The van der Waals surface area contributed by atoms with Crippen molar-refractivity contribution in [2.24, 2.45) is 0 Å². The Kier molecular flexibility index (Phi) is 5.80. The Labute approximate surface area is 173 Å². The first-order valence-corrected chi connectivity index (χ1v) is 9.82. The van der Waals surface area contributed by atoms with E-state index in [2.05, 4.69) is 32.4 Å². The van der Waals surface area contributed by atoms with Gasteiger partial charge in [0.2, 0.25) is 0 Å². The third-order valence-corrected chi connectivity index (χ3v) is 5.18. The molecule has 1 aliphatic rings. The highest BCUT2D eigenvalue weighted by Gasteiger charge is 2.19. The summed E-state index contributed by atoms with van der Waals surface area (Å²) in [6, 6.07) is 12.5. The lowest BCUT2D eigenvalue weighted by atomic mass is 10.1. The molecule has 1 saturated heterocycles. The maximum absolute atomic E-state index is 12.5. The van der Waals surface area contributed by atoms with Crippen molar-refractivity contribution < 1.29 is 9.72 Å². The molecule has 30 heavy (non-hydrogen) atoms. The average molecular weight is 406 g/mol. The van der Waals surface area contributed by atoms with Crippen molar-refractivity contribution in [3.8, 4) is 5.69 Å². The molecule has 154 valence electrons. The van der Waals surface area contributed by atoms with Gasteiger partial charge in [-0.1, -0.05) is 24.3 Å². The minimum absolute atomic E-state index is 0.209. The van der Waals surface area contributed by atoms with E-state index in [1.54, 1.807) is 6.07 Å². The molecule has 2 aromatic carbocycles. The molecule has 1 amide bonds. The molecular formula is C21H22N6O3. The summed E-state index contributed by atoms with van der Waals surface area (Å²) in [6.45, 7) is 3.61. The fourth-order valence-corrected chi connectivity index (χ4v) is 3.58. The number of nitro groups is 1. The molecule has 3 aromatic rings. The summed E-state index contributed by atoms with van der Waals surface area (Å²) in [4.78, 5) is 29.7. The van der Waals surface area contributed by atoms with Crippen LogP contribution in [0.3, 0.4) is 0 Å². The van der Waals surface area contributed by atoms with Crippen LogP contribution in [-0.2, 0) is 13.1 Å². The van der Waals surface area contributed by atoms with Gasteiger partial charge in [-0.05, 0) is 49.2 Å². The summed E-state index contributed by atoms with van der Waals surface area (Å²) in [5, 5.41) is 18.2. The maximum atomic E-state index is 12.5. The van der Waals surface area contributed by atoms with Crippen LogP contribution in [0, 0.1) is 10.1 Å². The normalized spacial score (nSPS) is 14.0. The van der Waals surface area contributed by atoms with E-state index < -0.39 is 4.92 Å². The number of amides is 1. The second-order valence-corrected chi connectivity index (χ2v) is 7.28. The highest BCUT2D eigenvalue weighted by Crippen LogP contribution is 2.23. The number of likely N-dealkylation sites (tertiary alicyclic amines) is 1. The van der Waals surface area contributed by atoms with E-state index in [9.17, 15) is 14.9 Å². The molecule has 1 fully saturated rings. The molecule has 0 spiro atoms. The first-order valence-electron chi connectivity index (χ1n) is 9.82. The molecule has 9 nitrogen and oxygen atoms in total. The van der Waals surface area contributed by atoms with Crippen LogP contribution >= 0.6 is 0 Å². The van der Waals surface area contributed by atoms with Crippen LogP contribution in [0.4, 0.5) is 5.69 Å². The van der Waals surface area contributed by atoms with E-state index in [0.717, 1.165) is 25.2 Å². The summed E-state index contributed by atoms with van der Waals surface area (Å²) >= 11 is 0. The third kappa shape index (κ3) is 4.52. The van der Waals surface area contributed by atoms with Crippen LogP contribution < -0.4 is 5.32 Å². The lowest BCUT2D eigenvalue weighted by Gasteiger charge is -2.14. The molecule has 4 rings (SSSR count). The number of hydrogen-bond donors (Lipinski definition) is 1. The molecule has 1 aromatic heterocycles. The van der Waals surface area contributed by atoms with Gasteiger partial charge in [-0.3, -0.25) is 19.8 Å². The molecule has 2 heterocycles. The summed E-state index contributed by atoms with van der Waals surface area (Å²) in [7, 11) is 0. The third-order valence-electron chi connectivity index (χ3n) is 5.18. The van der Waals surface area contributed by atoms with Gasteiger partial charge in [0.1, 0.15) is 18.3 Å². The fourth-order valence-electron chi connectivity index (χ4n) is 3.58. The van der Waals surface area contributed by atoms with Crippen LogP contribution in [0.25, 0.3) is 5.69 Å². The van der Waals surface area contributed by atoms with E-state index in [1.807, 2.05) is 12.1 Å². The van der Waals surface area contributed by atoms with Gasteiger partial charge in [-0.15, -0.1) is 0 Å². The molecule has 1 N–H and O–H groups in total. The van der Waals surface area contributed by atoms with Crippen LogP contribution in [0.15, 0.2) is 55.1 Å². The number of carbonyl (C=O) groups excluding carboxylic acids is 1. The van der Waals surface area contributed by atoms with Gasteiger partial charge in [-0.2, -0.15) is 5.10 Å². The first kappa shape index (κ1) is 19.7. The highest BCUT2D eigenvalue weighted by atomic mass is 16.6. The van der Waals surface area contributed by atoms with Crippen LogP contribution in [0.5, 0.6) is 0 Å². The molecular weight excluding hydrogens is 384 g/mol. The van der Waals surface area contributed by atoms with Gasteiger partial charge < -0.3 is 5.32 Å². The summed E-state index contributed by atoms with van der Waals surface area (Å²) in [6.07, 6.45) is 5.19. The van der Waals surface area contributed by atoms with Crippen molar-refractivity contribution in [2.75, 3.05) is 13.1 Å². The van der Waals surface area contributed by atoms with Crippen molar-refractivity contribution in [1.82, 2.24) is 25.0 Å². The van der Waals surface area contributed by atoms with Crippen LogP contribution in [0.2, 0.25) is 0 Å². The second kappa shape index (κ2) is 8.83. The zero-order chi connectivity index (χ0) is 20.9. The molecule has 0 aliphatic carbocycles. The number of nitro benzene ring substituents is 1. The number of nitrogens with zero attached hydrogens (tertiary/aromatic N) is 5. The Morgan fingerprint density at radius 2 is 1.83 bits per heavy atom. The molecule has 0 bridgehead atoms. The topological polar surface area (TPSA) is 106 Å². The Hall–Kier alpha value is -3.59. The summed E-state index contributed by atoms with van der Waals surface area (Å²) in [5.74, 6) is -0.371. The van der Waals surface area contributed by atoms with Gasteiger partial charge in [-0.25, -0.2) is 9.67 Å². The molecule has 0 saturated carbocycles. The lowest BCUT2D eigenvalue weighted by Crippen LogP contribution is -2.23. The number of rotatable bonds is 7. The number of carbonyl (C=O) groups is 1. The standard InChI is InChI=1S/C21H22N6O3/c28-21(18-7-8-19(20(11-18)27(29)30)26-15-22-14-24-26)23-12-16-3-5-17(6-4-16)13-25-9-1-2-10-25/h3-8,11,14-15H,1-2,9-10,12-13H2,(H,23,28). The molecule has 0 radical (unpaired) electrons. The second-order valence-electron chi connectivity index (χ2n) is 7.28. The maximum Gasteiger partial charge on any atom is 0.295 e. The van der Waals surface area contributed by atoms with E-state index in [0.29, 0.717) is 6.54 Å². The zero-order valence-corrected chi connectivity index (χ0v) is 16.4. The Bertz CT molecular complexity index is 1030. The van der Waals surface area contributed by atoms with Gasteiger partial charge >= 0.3 is 0 Å². The molecule has 1 aliphatic heterocycles. The molecule has 0 atom stereocenters. The minimum Gasteiger partial charge on any atom is -0.348 e. The zero-order valence-electron chi connectivity index (χ0n) is 16.4. The van der Waals surface area contributed by atoms with Crippen LogP contribution in [0.1, 0.15) is 34.3 Å². The van der Waals surface area contributed by atoms with Gasteiger partial charge in [0.05, 0.1) is 4.92 Å². The number of aromatic nitrogens is 3. The van der Waals surface area contributed by atoms with Crippen molar-refractivity contribution in [3.63, 3.8) is 0 Å². The van der Waals surface area contributed by atoms with Crippen molar-refractivity contribution >= 4 is 11.6 Å². The number of benzene rings is 2. The number of hydrogen-bond acceptors (Lipinski definition) is 6. The molecule has 9 heteroatoms. The summed E-state index contributed by atoms with van der Waals surface area (Å²) in [5.41, 5.74) is 2.49. The summed E-state index contributed by atoms with van der Waals surface area (Å²) < 4.78 is 1.30. The molecule has 0 unspecified atom stereocenters. The highest BCUT2D eigenvalue weighted by molar-refractivity contribution is 5.95. The monoisotopic (exact) mass is 406 g/mol. The van der Waals surface area contributed by atoms with E-state index in [1.165, 1.54) is 47.9 Å². The smallest absolute Gasteiger partial charge is 0.295 e. The van der Waals surface area contributed by atoms with Crippen molar-refractivity contribution in [2.45, 2.75) is 25.9 Å². The SMILES string of the molecule is O=C(NCc1ccc(CN2CCCC2)cc1)c1ccc(-n2cncn2)c([N+](=O)[O-])c1. The fraction of sp³-hybridized carbons (Fsp3) is 0.286. The van der Waals surface area contributed by atoms with Gasteiger partial charge in [0, 0.05) is 24.7 Å². The van der Waals surface area contributed by atoms with Crippen LogP contribution in [-0.4, -0.2) is 43.6 Å². The average Bonchev–Trinajstić information content (AvgIpc) is 3.47. The van der Waals surface area contributed by atoms with E-state index in [4.69, 9.17) is 0 Å². The van der Waals surface area contributed by atoms with Crippen molar-refractivity contribution in [3.05, 3.63) is 81.9 Å². The lowest BCUT2D eigenvalue weighted by molar-refractivity contribution is -0.384. The number of nitrogens with one attached hydrogen (secondary N) is 1. The predicted octanol–water partition coefficient (Wildman–Crippen LogP) is 2.70. The van der Waals surface area contributed by atoms with Gasteiger partial charge in [0.15, 0.2) is 0 Å². The Morgan fingerprint density at radius 3 is 2.50 bits per heavy atom. The Balaban J connectivity index is 1.40. The minimum atomic E-state index is -0.535. The van der Waals surface area contributed by atoms with Crippen molar-refractivity contribution in [1.29, 1.82) is 0 Å².